The predicted molar refractivity (Wildman–Crippen MR) is 74.9 cm³/mol. The second kappa shape index (κ2) is 6.66. The second-order valence-corrected chi connectivity index (χ2v) is 5.58. The Bertz CT molecular complexity index is 464. The third kappa shape index (κ3) is 4.35. The summed E-state index contributed by atoms with van der Waals surface area (Å²) in [5.74, 6) is 0.377. The molecule has 1 saturated heterocycles. The molecule has 1 fully saturated rings. The van der Waals surface area contributed by atoms with Crippen molar-refractivity contribution in [2.75, 3.05) is 19.6 Å². The Morgan fingerprint density at radius 2 is 2.10 bits per heavy atom. The summed E-state index contributed by atoms with van der Waals surface area (Å²) in [5.41, 5.74) is 6.34. The molecule has 0 spiro atoms. The van der Waals surface area contributed by atoms with Gasteiger partial charge in [-0.15, -0.1) is 13.2 Å². The summed E-state index contributed by atoms with van der Waals surface area (Å²) < 4.78 is 41.7. The number of para-hydroxylation sites is 1. The van der Waals surface area contributed by atoms with Crippen LogP contribution in [0, 0.1) is 5.92 Å². The van der Waals surface area contributed by atoms with E-state index < -0.39 is 6.36 Å². The Balaban J connectivity index is 2.25. The van der Waals surface area contributed by atoms with E-state index in [2.05, 4.69) is 16.6 Å². The van der Waals surface area contributed by atoms with E-state index in [0.29, 0.717) is 11.5 Å². The molecule has 0 saturated carbocycles. The number of alkyl halides is 3. The number of benzene rings is 1. The lowest BCUT2D eigenvalue weighted by Gasteiger charge is -2.37. The lowest BCUT2D eigenvalue weighted by Crippen LogP contribution is -2.40. The minimum absolute atomic E-state index is 0.154. The fraction of sp³-hybridized carbons (Fsp3) is 0.600. The van der Waals surface area contributed by atoms with Crippen LogP contribution in [0.3, 0.4) is 0 Å². The maximum atomic E-state index is 12.5. The fourth-order valence-electron chi connectivity index (χ4n) is 2.96. The molecule has 0 bridgehead atoms. The first-order valence-corrected chi connectivity index (χ1v) is 7.19. The van der Waals surface area contributed by atoms with E-state index >= 15 is 0 Å². The van der Waals surface area contributed by atoms with Crippen LogP contribution >= 0.6 is 0 Å². The Labute approximate surface area is 122 Å². The number of hydrogen-bond acceptors (Lipinski definition) is 3. The van der Waals surface area contributed by atoms with Crippen molar-refractivity contribution in [2.45, 2.75) is 32.2 Å². The minimum atomic E-state index is -4.69. The van der Waals surface area contributed by atoms with Crippen LogP contribution in [0.2, 0.25) is 0 Å². The molecule has 0 aliphatic carbocycles. The third-order valence-corrected chi connectivity index (χ3v) is 3.86. The van der Waals surface area contributed by atoms with Gasteiger partial charge in [0.25, 0.3) is 0 Å². The highest BCUT2D eigenvalue weighted by atomic mass is 19.4. The van der Waals surface area contributed by atoms with Crippen LogP contribution < -0.4 is 10.5 Å². The van der Waals surface area contributed by atoms with Crippen molar-refractivity contribution in [3.63, 3.8) is 0 Å². The zero-order valence-electron chi connectivity index (χ0n) is 12.1. The van der Waals surface area contributed by atoms with Crippen molar-refractivity contribution in [1.82, 2.24) is 4.90 Å². The van der Waals surface area contributed by atoms with Crippen molar-refractivity contribution < 1.29 is 17.9 Å². The Morgan fingerprint density at radius 1 is 1.38 bits per heavy atom. The van der Waals surface area contributed by atoms with E-state index in [0.717, 1.165) is 25.9 Å². The summed E-state index contributed by atoms with van der Waals surface area (Å²) in [6, 6.07) is 6.02. The van der Waals surface area contributed by atoms with Crippen LogP contribution in [-0.4, -0.2) is 30.9 Å². The average Bonchev–Trinajstić information content (AvgIpc) is 2.40. The summed E-state index contributed by atoms with van der Waals surface area (Å²) in [7, 11) is 0. The molecule has 1 heterocycles. The summed E-state index contributed by atoms with van der Waals surface area (Å²) in [6.07, 6.45) is -2.50. The van der Waals surface area contributed by atoms with Gasteiger partial charge in [0.2, 0.25) is 0 Å². The quantitative estimate of drug-likeness (QED) is 0.927. The first-order valence-electron chi connectivity index (χ1n) is 7.19. The molecule has 2 atom stereocenters. The van der Waals surface area contributed by atoms with Gasteiger partial charge in [0.1, 0.15) is 5.75 Å². The zero-order chi connectivity index (χ0) is 15.5. The molecule has 1 aliphatic heterocycles. The normalized spacial score (nSPS) is 22.0. The zero-order valence-corrected chi connectivity index (χ0v) is 12.1. The monoisotopic (exact) mass is 302 g/mol. The number of likely N-dealkylation sites (tertiary alicyclic amines) is 1. The topological polar surface area (TPSA) is 38.5 Å². The van der Waals surface area contributed by atoms with Gasteiger partial charge in [-0.05, 0) is 31.4 Å². The summed E-state index contributed by atoms with van der Waals surface area (Å²) >= 11 is 0. The standard InChI is InChI=1S/C15H21F3N2O/c1-11-5-4-8-20(10-11)13(9-19)12-6-2-3-7-14(12)21-15(16,17)18/h2-3,6-7,11,13H,4-5,8-10,19H2,1H3/t11-,13+/m1/s1. The van der Waals surface area contributed by atoms with Gasteiger partial charge in [-0.2, -0.15) is 0 Å². The van der Waals surface area contributed by atoms with E-state index in [9.17, 15) is 13.2 Å². The molecule has 2 rings (SSSR count). The van der Waals surface area contributed by atoms with Crippen molar-refractivity contribution in [1.29, 1.82) is 0 Å². The molecule has 6 heteroatoms. The SMILES string of the molecule is C[C@@H]1CCCN([C@@H](CN)c2ccccc2OC(F)(F)F)C1. The van der Waals surface area contributed by atoms with Crippen molar-refractivity contribution in [2.24, 2.45) is 11.7 Å². The number of ether oxygens (including phenoxy) is 1. The Kier molecular flexibility index (Phi) is 5.11. The highest BCUT2D eigenvalue weighted by Crippen LogP contribution is 2.34. The van der Waals surface area contributed by atoms with E-state index in [1.54, 1.807) is 12.1 Å². The second-order valence-electron chi connectivity index (χ2n) is 5.58. The van der Waals surface area contributed by atoms with Gasteiger partial charge in [-0.1, -0.05) is 25.1 Å². The molecule has 21 heavy (non-hydrogen) atoms. The summed E-state index contributed by atoms with van der Waals surface area (Å²) in [6.45, 7) is 4.12. The van der Waals surface area contributed by atoms with Crippen LogP contribution in [0.5, 0.6) is 5.75 Å². The first kappa shape index (κ1) is 16.1. The molecular formula is C15H21F3N2O. The van der Waals surface area contributed by atoms with E-state index in [-0.39, 0.29) is 18.3 Å². The maximum absolute atomic E-state index is 12.5. The van der Waals surface area contributed by atoms with Gasteiger partial charge in [0.15, 0.2) is 0 Å². The van der Waals surface area contributed by atoms with Gasteiger partial charge in [0, 0.05) is 18.7 Å². The molecule has 0 aromatic heterocycles. The molecule has 118 valence electrons. The average molecular weight is 302 g/mol. The van der Waals surface area contributed by atoms with Crippen molar-refractivity contribution in [3.8, 4) is 5.75 Å². The van der Waals surface area contributed by atoms with Gasteiger partial charge < -0.3 is 10.5 Å². The molecule has 3 nitrogen and oxygen atoms in total. The number of hydrogen-bond donors (Lipinski definition) is 1. The largest absolute Gasteiger partial charge is 0.573 e. The van der Waals surface area contributed by atoms with Gasteiger partial charge in [-0.3, -0.25) is 4.90 Å². The van der Waals surface area contributed by atoms with Crippen LogP contribution in [0.4, 0.5) is 13.2 Å². The van der Waals surface area contributed by atoms with Crippen LogP contribution in [0.15, 0.2) is 24.3 Å². The van der Waals surface area contributed by atoms with Gasteiger partial charge >= 0.3 is 6.36 Å². The molecule has 0 amide bonds. The number of nitrogens with two attached hydrogens (primary N) is 1. The van der Waals surface area contributed by atoms with Crippen LogP contribution in [0.25, 0.3) is 0 Å². The number of nitrogens with zero attached hydrogens (tertiary/aromatic N) is 1. The molecule has 0 unspecified atom stereocenters. The van der Waals surface area contributed by atoms with E-state index in [1.807, 2.05) is 0 Å². The molecule has 2 N–H and O–H groups in total. The third-order valence-electron chi connectivity index (χ3n) is 3.86. The Morgan fingerprint density at radius 3 is 2.71 bits per heavy atom. The molecular weight excluding hydrogens is 281 g/mol. The van der Waals surface area contributed by atoms with Crippen molar-refractivity contribution >= 4 is 0 Å². The van der Waals surface area contributed by atoms with Gasteiger partial charge in [-0.25, -0.2) is 0 Å². The van der Waals surface area contributed by atoms with E-state index in [1.165, 1.54) is 12.1 Å². The van der Waals surface area contributed by atoms with E-state index in [4.69, 9.17) is 5.73 Å². The number of rotatable bonds is 4. The molecule has 1 aromatic carbocycles. The summed E-state index contributed by atoms with van der Waals surface area (Å²) in [5, 5.41) is 0. The lowest BCUT2D eigenvalue weighted by molar-refractivity contribution is -0.275. The fourth-order valence-corrected chi connectivity index (χ4v) is 2.96. The number of halogens is 3. The Hall–Kier alpha value is -1.27. The lowest BCUT2D eigenvalue weighted by atomic mass is 9.96. The van der Waals surface area contributed by atoms with Gasteiger partial charge in [0.05, 0.1) is 6.04 Å². The molecule has 1 aliphatic rings. The summed E-state index contributed by atoms with van der Waals surface area (Å²) in [4.78, 5) is 2.16. The van der Waals surface area contributed by atoms with Crippen LogP contribution in [0.1, 0.15) is 31.4 Å². The molecule has 1 aromatic rings. The number of piperidine rings is 1. The minimum Gasteiger partial charge on any atom is -0.405 e. The maximum Gasteiger partial charge on any atom is 0.573 e. The first-order chi connectivity index (χ1) is 9.90. The highest BCUT2D eigenvalue weighted by molar-refractivity contribution is 5.36. The highest BCUT2D eigenvalue weighted by Gasteiger charge is 2.34. The van der Waals surface area contributed by atoms with Crippen LogP contribution in [-0.2, 0) is 0 Å². The molecule has 0 radical (unpaired) electrons. The predicted octanol–water partition coefficient (Wildman–Crippen LogP) is 3.32. The smallest absolute Gasteiger partial charge is 0.405 e. The van der Waals surface area contributed by atoms with Crippen molar-refractivity contribution in [3.05, 3.63) is 29.8 Å².